The van der Waals surface area contributed by atoms with Gasteiger partial charge in [-0.2, -0.15) is 0 Å². The van der Waals surface area contributed by atoms with Gasteiger partial charge in [0, 0.05) is 12.1 Å². The summed E-state index contributed by atoms with van der Waals surface area (Å²) in [6, 6.07) is 18.1. The molecular formula is C21H27ClN2O2. The van der Waals surface area contributed by atoms with E-state index in [-0.39, 0.29) is 18.3 Å². The van der Waals surface area contributed by atoms with E-state index in [1.807, 2.05) is 42.5 Å². The Morgan fingerprint density at radius 1 is 1.12 bits per heavy atom. The zero-order valence-corrected chi connectivity index (χ0v) is 15.8. The molecule has 1 heterocycles. The van der Waals surface area contributed by atoms with Crippen molar-refractivity contribution in [2.75, 3.05) is 26.2 Å². The fraction of sp³-hybridized carbons (Fsp3) is 0.381. The van der Waals surface area contributed by atoms with Crippen LogP contribution in [0.15, 0.2) is 54.6 Å². The molecular weight excluding hydrogens is 348 g/mol. The highest BCUT2D eigenvalue weighted by molar-refractivity contribution is 5.85. The smallest absolute Gasteiger partial charge is 0.223 e. The Bertz CT molecular complexity index is 673. The van der Waals surface area contributed by atoms with Crippen LogP contribution in [0.1, 0.15) is 19.3 Å². The maximum Gasteiger partial charge on any atom is 0.223 e. The van der Waals surface area contributed by atoms with E-state index in [1.165, 1.54) is 6.42 Å². The molecule has 1 aliphatic heterocycles. The van der Waals surface area contributed by atoms with Gasteiger partial charge in [0.15, 0.2) is 0 Å². The van der Waals surface area contributed by atoms with Crippen LogP contribution in [-0.2, 0) is 4.79 Å². The van der Waals surface area contributed by atoms with Gasteiger partial charge in [0.25, 0.3) is 0 Å². The summed E-state index contributed by atoms with van der Waals surface area (Å²) >= 11 is 0. The standard InChI is InChI=1S/C21H26N2O2.ClH/c24-21(23-14-11-17-10-13-22-16-17)12-15-25-20-9-5-4-8-19(20)18-6-2-1-3-7-18;/h1-9,17,22H,10-16H2,(H,23,24);1H. The zero-order valence-electron chi connectivity index (χ0n) is 14.9. The molecule has 1 unspecified atom stereocenters. The minimum absolute atomic E-state index is 0. The van der Waals surface area contributed by atoms with E-state index in [1.54, 1.807) is 0 Å². The van der Waals surface area contributed by atoms with Crippen LogP contribution in [-0.4, -0.2) is 32.1 Å². The molecule has 1 aliphatic rings. The van der Waals surface area contributed by atoms with Crippen molar-refractivity contribution in [1.29, 1.82) is 0 Å². The lowest BCUT2D eigenvalue weighted by Gasteiger charge is -2.12. The van der Waals surface area contributed by atoms with Crippen molar-refractivity contribution in [3.05, 3.63) is 54.6 Å². The van der Waals surface area contributed by atoms with Crippen molar-refractivity contribution in [3.8, 4) is 16.9 Å². The third kappa shape index (κ3) is 6.04. The third-order valence-corrected chi connectivity index (χ3v) is 4.60. The van der Waals surface area contributed by atoms with E-state index in [0.717, 1.165) is 42.9 Å². The number of hydrogen-bond donors (Lipinski definition) is 2. The van der Waals surface area contributed by atoms with Gasteiger partial charge in [-0.05, 0) is 43.5 Å². The average Bonchev–Trinajstić information content (AvgIpc) is 3.16. The molecule has 2 aromatic carbocycles. The van der Waals surface area contributed by atoms with E-state index < -0.39 is 0 Å². The van der Waals surface area contributed by atoms with E-state index in [4.69, 9.17) is 4.74 Å². The van der Waals surface area contributed by atoms with E-state index in [0.29, 0.717) is 18.9 Å². The lowest BCUT2D eigenvalue weighted by molar-refractivity contribution is -0.121. The molecule has 26 heavy (non-hydrogen) atoms. The quantitative estimate of drug-likeness (QED) is 0.741. The van der Waals surface area contributed by atoms with Gasteiger partial charge in [-0.15, -0.1) is 12.4 Å². The van der Waals surface area contributed by atoms with Gasteiger partial charge in [-0.1, -0.05) is 48.5 Å². The summed E-state index contributed by atoms with van der Waals surface area (Å²) in [5.74, 6) is 1.58. The fourth-order valence-corrected chi connectivity index (χ4v) is 3.17. The third-order valence-electron chi connectivity index (χ3n) is 4.60. The van der Waals surface area contributed by atoms with Crippen molar-refractivity contribution in [3.63, 3.8) is 0 Å². The first-order valence-electron chi connectivity index (χ1n) is 9.07. The van der Waals surface area contributed by atoms with Gasteiger partial charge in [0.1, 0.15) is 5.75 Å². The molecule has 0 aliphatic carbocycles. The van der Waals surface area contributed by atoms with Gasteiger partial charge < -0.3 is 15.4 Å². The summed E-state index contributed by atoms with van der Waals surface area (Å²) in [4.78, 5) is 12.0. The maximum absolute atomic E-state index is 12.0. The first kappa shape index (κ1) is 20.3. The number of carbonyl (C=O) groups is 1. The second kappa shape index (κ2) is 10.8. The van der Waals surface area contributed by atoms with Crippen LogP contribution in [0.2, 0.25) is 0 Å². The van der Waals surface area contributed by atoms with Gasteiger partial charge in [-0.25, -0.2) is 0 Å². The highest BCUT2D eigenvalue weighted by Crippen LogP contribution is 2.29. The molecule has 0 bridgehead atoms. The SMILES string of the molecule is Cl.O=C(CCOc1ccccc1-c1ccccc1)NCCC1CCNC1. The van der Waals surface area contributed by atoms with E-state index >= 15 is 0 Å². The predicted molar refractivity (Wildman–Crippen MR) is 108 cm³/mol. The summed E-state index contributed by atoms with van der Waals surface area (Å²) in [5.41, 5.74) is 2.17. The Morgan fingerprint density at radius 3 is 2.65 bits per heavy atom. The average molecular weight is 375 g/mol. The maximum atomic E-state index is 12.0. The molecule has 4 nitrogen and oxygen atoms in total. The molecule has 1 amide bonds. The van der Waals surface area contributed by atoms with Crippen molar-refractivity contribution in [1.82, 2.24) is 10.6 Å². The van der Waals surface area contributed by atoms with Crippen LogP contribution in [0.5, 0.6) is 5.75 Å². The molecule has 0 aromatic heterocycles. The molecule has 0 radical (unpaired) electrons. The number of ether oxygens (including phenoxy) is 1. The lowest BCUT2D eigenvalue weighted by atomic mass is 10.1. The van der Waals surface area contributed by atoms with Gasteiger partial charge in [-0.3, -0.25) is 4.79 Å². The minimum Gasteiger partial charge on any atom is -0.492 e. The Labute approximate surface area is 161 Å². The Balaban J connectivity index is 0.00000243. The van der Waals surface area contributed by atoms with E-state index in [2.05, 4.69) is 22.8 Å². The van der Waals surface area contributed by atoms with Crippen LogP contribution in [0, 0.1) is 5.92 Å². The second-order valence-electron chi connectivity index (χ2n) is 6.46. The minimum atomic E-state index is 0. The number of hydrogen-bond acceptors (Lipinski definition) is 3. The molecule has 140 valence electrons. The number of nitrogens with one attached hydrogen (secondary N) is 2. The highest BCUT2D eigenvalue weighted by Gasteiger charge is 2.14. The summed E-state index contributed by atoms with van der Waals surface area (Å²) in [6.07, 6.45) is 2.65. The molecule has 5 heteroatoms. The highest BCUT2D eigenvalue weighted by atomic mass is 35.5. The number of para-hydroxylation sites is 1. The first-order chi connectivity index (χ1) is 12.3. The monoisotopic (exact) mass is 374 g/mol. The molecule has 2 aromatic rings. The molecule has 3 rings (SSSR count). The van der Waals surface area contributed by atoms with Crippen molar-refractivity contribution < 1.29 is 9.53 Å². The summed E-state index contributed by atoms with van der Waals surface area (Å²) < 4.78 is 5.87. The van der Waals surface area contributed by atoms with Gasteiger partial charge >= 0.3 is 0 Å². The molecule has 0 spiro atoms. The summed E-state index contributed by atoms with van der Waals surface area (Å²) in [6.45, 7) is 3.33. The topological polar surface area (TPSA) is 50.4 Å². The van der Waals surface area contributed by atoms with Crippen molar-refractivity contribution in [2.24, 2.45) is 5.92 Å². The number of rotatable bonds is 8. The molecule has 1 atom stereocenters. The van der Waals surface area contributed by atoms with E-state index in [9.17, 15) is 4.79 Å². The largest absolute Gasteiger partial charge is 0.492 e. The van der Waals surface area contributed by atoms with Crippen LogP contribution in [0.4, 0.5) is 0 Å². The fourth-order valence-electron chi connectivity index (χ4n) is 3.17. The second-order valence-corrected chi connectivity index (χ2v) is 6.46. The van der Waals surface area contributed by atoms with Gasteiger partial charge in [0.05, 0.1) is 13.0 Å². The Morgan fingerprint density at radius 2 is 1.88 bits per heavy atom. The Kier molecular flexibility index (Phi) is 8.45. The Hall–Kier alpha value is -2.04. The number of benzene rings is 2. The lowest BCUT2D eigenvalue weighted by Crippen LogP contribution is -2.27. The van der Waals surface area contributed by atoms with Crippen molar-refractivity contribution in [2.45, 2.75) is 19.3 Å². The first-order valence-corrected chi connectivity index (χ1v) is 9.07. The number of carbonyl (C=O) groups excluding carboxylic acids is 1. The van der Waals surface area contributed by atoms with Crippen LogP contribution in [0.25, 0.3) is 11.1 Å². The predicted octanol–water partition coefficient (Wildman–Crippen LogP) is 3.66. The number of halogens is 1. The zero-order chi connectivity index (χ0) is 17.3. The van der Waals surface area contributed by atoms with Crippen LogP contribution in [0.3, 0.4) is 0 Å². The molecule has 0 saturated carbocycles. The summed E-state index contributed by atoms with van der Waals surface area (Å²) in [5, 5.41) is 6.34. The van der Waals surface area contributed by atoms with Crippen LogP contribution < -0.4 is 15.4 Å². The summed E-state index contributed by atoms with van der Waals surface area (Å²) in [7, 11) is 0. The van der Waals surface area contributed by atoms with Crippen LogP contribution >= 0.6 is 12.4 Å². The van der Waals surface area contributed by atoms with Gasteiger partial charge in [0.2, 0.25) is 5.91 Å². The number of amides is 1. The normalized spacial score (nSPS) is 15.9. The molecule has 2 N–H and O–H groups in total. The van der Waals surface area contributed by atoms with Crippen molar-refractivity contribution >= 4 is 18.3 Å². The molecule has 1 fully saturated rings. The molecule has 1 saturated heterocycles.